The van der Waals surface area contributed by atoms with Crippen molar-refractivity contribution < 1.29 is 22.7 Å². The molecule has 0 unspecified atom stereocenters. The summed E-state index contributed by atoms with van der Waals surface area (Å²) in [5.74, 6) is 0.694. The Kier molecular flexibility index (Phi) is 5.09. The molecule has 0 saturated carbocycles. The number of nitrogens with one attached hydrogen (secondary N) is 2. The highest BCUT2D eigenvalue weighted by atomic mass is 32.2. The van der Waals surface area contributed by atoms with Crippen LogP contribution in [0.2, 0.25) is 0 Å². The molecule has 0 saturated heterocycles. The van der Waals surface area contributed by atoms with Crippen molar-refractivity contribution in [1.82, 2.24) is 0 Å². The summed E-state index contributed by atoms with van der Waals surface area (Å²) >= 11 is 0. The van der Waals surface area contributed by atoms with Crippen LogP contribution in [0.5, 0.6) is 11.5 Å². The van der Waals surface area contributed by atoms with Gasteiger partial charge in [0.05, 0.1) is 16.1 Å². The summed E-state index contributed by atoms with van der Waals surface area (Å²) in [7, 11) is -3.87. The number of hydrogen-bond donors (Lipinski definition) is 2. The van der Waals surface area contributed by atoms with Crippen LogP contribution in [0.3, 0.4) is 0 Å². The largest absolute Gasteiger partial charge is 0.454 e. The standard InChI is InChI=1S/C22H20N2O5S/c1-14-7-8-15(2)21(11-14)30(26,27)24-18-6-4-3-5-17(18)22(25)23-16-9-10-19-20(12-16)29-13-28-19/h3-12,24H,13H2,1-2H3,(H,23,25). The first-order valence-corrected chi connectivity index (χ1v) is 10.7. The molecule has 1 aliphatic rings. The Hall–Kier alpha value is -3.52. The summed E-state index contributed by atoms with van der Waals surface area (Å²) in [6.07, 6.45) is 0. The third kappa shape index (κ3) is 3.95. The van der Waals surface area contributed by atoms with E-state index in [0.717, 1.165) is 5.56 Å². The maximum atomic E-state index is 13.0. The fourth-order valence-corrected chi connectivity index (χ4v) is 4.55. The van der Waals surface area contributed by atoms with E-state index in [-0.39, 0.29) is 22.9 Å². The van der Waals surface area contributed by atoms with Crippen LogP contribution in [0.25, 0.3) is 0 Å². The summed E-state index contributed by atoms with van der Waals surface area (Å²) in [4.78, 5) is 13.0. The summed E-state index contributed by atoms with van der Waals surface area (Å²) in [6.45, 7) is 3.69. The molecule has 0 aromatic heterocycles. The van der Waals surface area contributed by atoms with E-state index in [9.17, 15) is 13.2 Å². The summed E-state index contributed by atoms with van der Waals surface area (Å²) in [5, 5.41) is 2.77. The fraction of sp³-hybridized carbons (Fsp3) is 0.136. The molecule has 2 N–H and O–H groups in total. The van der Waals surface area contributed by atoms with Crippen LogP contribution < -0.4 is 19.5 Å². The van der Waals surface area contributed by atoms with Gasteiger partial charge in [-0.1, -0.05) is 24.3 Å². The molecule has 0 atom stereocenters. The Morgan fingerprint density at radius 2 is 1.70 bits per heavy atom. The third-order valence-corrected chi connectivity index (χ3v) is 6.19. The number of para-hydroxylation sites is 1. The summed E-state index contributed by atoms with van der Waals surface area (Å²) < 4.78 is 39.1. The van der Waals surface area contributed by atoms with Crippen molar-refractivity contribution in [3.63, 3.8) is 0 Å². The molecule has 1 heterocycles. The van der Waals surface area contributed by atoms with E-state index in [1.54, 1.807) is 61.5 Å². The molecule has 154 valence electrons. The van der Waals surface area contributed by atoms with E-state index < -0.39 is 15.9 Å². The third-order valence-electron chi connectivity index (χ3n) is 4.68. The van der Waals surface area contributed by atoms with Gasteiger partial charge in [0.15, 0.2) is 11.5 Å². The van der Waals surface area contributed by atoms with Crippen LogP contribution in [0.15, 0.2) is 65.6 Å². The van der Waals surface area contributed by atoms with Crippen molar-refractivity contribution in [1.29, 1.82) is 0 Å². The Labute approximate surface area is 174 Å². The molecule has 0 aliphatic carbocycles. The second kappa shape index (κ2) is 7.72. The normalized spacial score (nSPS) is 12.5. The Morgan fingerprint density at radius 3 is 2.53 bits per heavy atom. The molecule has 4 rings (SSSR count). The number of hydrogen-bond acceptors (Lipinski definition) is 5. The molecule has 1 amide bonds. The first-order chi connectivity index (χ1) is 14.3. The highest BCUT2D eigenvalue weighted by molar-refractivity contribution is 7.92. The van der Waals surface area contributed by atoms with Crippen molar-refractivity contribution >= 4 is 27.3 Å². The minimum atomic E-state index is -3.87. The number of fused-ring (bicyclic) bond motifs is 1. The van der Waals surface area contributed by atoms with Gasteiger partial charge in [-0.25, -0.2) is 8.42 Å². The number of carbonyl (C=O) groups is 1. The van der Waals surface area contributed by atoms with Crippen LogP contribution in [0.4, 0.5) is 11.4 Å². The molecule has 3 aromatic rings. The van der Waals surface area contributed by atoms with Gasteiger partial charge in [0.2, 0.25) is 6.79 Å². The van der Waals surface area contributed by atoms with Crippen molar-refractivity contribution in [3.8, 4) is 11.5 Å². The second-order valence-electron chi connectivity index (χ2n) is 6.94. The Balaban J connectivity index is 1.61. The van der Waals surface area contributed by atoms with Gasteiger partial charge in [-0.2, -0.15) is 0 Å². The highest BCUT2D eigenvalue weighted by Gasteiger charge is 2.21. The molecule has 0 fully saturated rings. The van der Waals surface area contributed by atoms with Gasteiger partial charge in [0.25, 0.3) is 15.9 Å². The van der Waals surface area contributed by atoms with Gasteiger partial charge in [-0.05, 0) is 55.3 Å². The molecule has 30 heavy (non-hydrogen) atoms. The molecule has 0 bridgehead atoms. The van der Waals surface area contributed by atoms with Gasteiger partial charge in [-0.15, -0.1) is 0 Å². The van der Waals surface area contributed by atoms with Crippen LogP contribution in [0.1, 0.15) is 21.5 Å². The number of carbonyl (C=O) groups excluding carboxylic acids is 1. The Bertz CT molecular complexity index is 1240. The van der Waals surface area contributed by atoms with Crippen LogP contribution >= 0.6 is 0 Å². The number of sulfonamides is 1. The fourth-order valence-electron chi connectivity index (χ4n) is 3.14. The van der Waals surface area contributed by atoms with E-state index in [2.05, 4.69) is 10.0 Å². The zero-order valence-electron chi connectivity index (χ0n) is 16.4. The summed E-state index contributed by atoms with van der Waals surface area (Å²) in [5.41, 5.74) is 2.35. The molecule has 0 spiro atoms. The topological polar surface area (TPSA) is 93.7 Å². The monoisotopic (exact) mass is 424 g/mol. The molecule has 3 aromatic carbocycles. The SMILES string of the molecule is Cc1ccc(C)c(S(=O)(=O)Nc2ccccc2C(=O)Nc2ccc3c(c2)OCO3)c1. The average molecular weight is 424 g/mol. The van der Waals surface area contributed by atoms with Gasteiger partial charge >= 0.3 is 0 Å². The number of aryl methyl sites for hydroxylation is 2. The van der Waals surface area contributed by atoms with Gasteiger partial charge in [0.1, 0.15) is 0 Å². The van der Waals surface area contributed by atoms with E-state index in [1.165, 1.54) is 0 Å². The van der Waals surface area contributed by atoms with Crippen LogP contribution in [0, 0.1) is 13.8 Å². The van der Waals surface area contributed by atoms with Gasteiger partial charge < -0.3 is 14.8 Å². The van der Waals surface area contributed by atoms with Crippen molar-refractivity contribution in [3.05, 3.63) is 77.4 Å². The second-order valence-corrected chi connectivity index (χ2v) is 8.59. The van der Waals surface area contributed by atoms with E-state index in [0.29, 0.717) is 22.7 Å². The summed E-state index contributed by atoms with van der Waals surface area (Å²) in [6, 6.07) is 16.7. The lowest BCUT2D eigenvalue weighted by Crippen LogP contribution is -2.19. The van der Waals surface area contributed by atoms with E-state index in [4.69, 9.17) is 9.47 Å². The maximum absolute atomic E-state index is 13.0. The highest BCUT2D eigenvalue weighted by Crippen LogP contribution is 2.34. The number of ether oxygens (including phenoxy) is 2. The predicted octanol–water partition coefficient (Wildman–Crippen LogP) is 4.09. The van der Waals surface area contributed by atoms with Gasteiger partial charge in [0, 0.05) is 11.8 Å². The maximum Gasteiger partial charge on any atom is 0.262 e. The zero-order valence-corrected chi connectivity index (χ0v) is 17.2. The molecular weight excluding hydrogens is 404 g/mol. The lowest BCUT2D eigenvalue weighted by molar-refractivity contribution is 0.102. The first kappa shape index (κ1) is 19.8. The number of rotatable bonds is 5. The Morgan fingerprint density at radius 1 is 0.933 bits per heavy atom. The van der Waals surface area contributed by atoms with Crippen molar-refractivity contribution in [2.75, 3.05) is 16.8 Å². The molecular formula is C22H20N2O5S. The van der Waals surface area contributed by atoms with Crippen molar-refractivity contribution in [2.24, 2.45) is 0 Å². The minimum Gasteiger partial charge on any atom is -0.454 e. The smallest absolute Gasteiger partial charge is 0.262 e. The van der Waals surface area contributed by atoms with E-state index in [1.807, 2.05) is 13.0 Å². The number of benzene rings is 3. The van der Waals surface area contributed by atoms with Gasteiger partial charge in [-0.3, -0.25) is 9.52 Å². The molecule has 8 heteroatoms. The molecule has 7 nitrogen and oxygen atoms in total. The quantitative estimate of drug-likeness (QED) is 0.644. The molecule has 1 aliphatic heterocycles. The zero-order chi connectivity index (χ0) is 21.3. The number of amides is 1. The van der Waals surface area contributed by atoms with E-state index >= 15 is 0 Å². The average Bonchev–Trinajstić information content (AvgIpc) is 3.17. The van der Waals surface area contributed by atoms with Crippen LogP contribution in [-0.4, -0.2) is 21.1 Å². The first-order valence-electron chi connectivity index (χ1n) is 9.23. The lowest BCUT2D eigenvalue weighted by Gasteiger charge is -2.14. The predicted molar refractivity (Wildman–Crippen MR) is 114 cm³/mol. The minimum absolute atomic E-state index is 0.135. The lowest BCUT2D eigenvalue weighted by atomic mass is 10.1. The number of anilines is 2. The van der Waals surface area contributed by atoms with Crippen LogP contribution in [-0.2, 0) is 10.0 Å². The van der Waals surface area contributed by atoms with Crippen molar-refractivity contribution in [2.45, 2.75) is 18.7 Å². The molecule has 0 radical (unpaired) electrons.